The minimum absolute atomic E-state index is 0.514. The second-order valence-corrected chi connectivity index (χ2v) is 5.89. The lowest BCUT2D eigenvalue weighted by Gasteiger charge is -2.16. The first-order valence-electron chi connectivity index (χ1n) is 5.88. The monoisotopic (exact) mass is 322 g/mol. The molecule has 5 heteroatoms. The SMILES string of the molecule is Cc1ccc(-n2cc(Br)c(C(C)(C)C(=O)O)n2)cc1. The Morgan fingerprint density at radius 1 is 1.32 bits per heavy atom. The molecule has 0 aliphatic rings. The molecule has 0 saturated heterocycles. The van der Waals surface area contributed by atoms with E-state index in [2.05, 4.69) is 21.0 Å². The van der Waals surface area contributed by atoms with Crippen molar-refractivity contribution in [3.63, 3.8) is 0 Å². The highest BCUT2D eigenvalue weighted by Gasteiger charge is 2.34. The van der Waals surface area contributed by atoms with E-state index in [1.165, 1.54) is 5.56 Å². The minimum atomic E-state index is -1.03. The summed E-state index contributed by atoms with van der Waals surface area (Å²) in [6.07, 6.45) is 1.78. The molecule has 4 nitrogen and oxygen atoms in total. The lowest BCUT2D eigenvalue weighted by Crippen LogP contribution is -2.29. The number of aryl methyl sites for hydroxylation is 1. The first kappa shape index (κ1) is 13.8. The highest BCUT2D eigenvalue weighted by molar-refractivity contribution is 9.10. The number of hydrogen-bond acceptors (Lipinski definition) is 2. The van der Waals surface area contributed by atoms with E-state index >= 15 is 0 Å². The summed E-state index contributed by atoms with van der Waals surface area (Å²) in [6, 6.07) is 7.89. The van der Waals surface area contributed by atoms with Crippen LogP contribution in [0.25, 0.3) is 5.69 Å². The third-order valence-corrected chi connectivity index (χ3v) is 3.68. The summed E-state index contributed by atoms with van der Waals surface area (Å²) < 4.78 is 2.38. The lowest BCUT2D eigenvalue weighted by atomic mass is 9.90. The molecule has 100 valence electrons. The predicted molar refractivity (Wildman–Crippen MR) is 76.7 cm³/mol. The number of rotatable bonds is 3. The molecule has 2 aromatic rings. The van der Waals surface area contributed by atoms with Crippen molar-refractivity contribution in [2.75, 3.05) is 0 Å². The Morgan fingerprint density at radius 2 is 1.89 bits per heavy atom. The molecule has 0 aliphatic heterocycles. The number of carboxylic acids is 1. The van der Waals surface area contributed by atoms with E-state index in [9.17, 15) is 9.90 Å². The molecule has 0 bridgehead atoms. The Labute approximate surface area is 120 Å². The smallest absolute Gasteiger partial charge is 0.315 e. The number of carboxylic acid groups (broad SMARTS) is 1. The zero-order valence-corrected chi connectivity index (χ0v) is 12.6. The van der Waals surface area contributed by atoms with Crippen LogP contribution in [0.4, 0.5) is 0 Å². The molecule has 1 N–H and O–H groups in total. The molecule has 0 aliphatic carbocycles. The standard InChI is InChI=1S/C14H15BrN2O2/c1-9-4-6-10(7-5-9)17-8-11(15)12(16-17)14(2,3)13(18)19/h4-8H,1-3H3,(H,18,19). The van der Waals surface area contributed by atoms with Gasteiger partial charge in [-0.05, 0) is 48.8 Å². The summed E-state index contributed by atoms with van der Waals surface area (Å²) >= 11 is 3.39. The molecule has 0 unspecified atom stereocenters. The number of aromatic nitrogens is 2. The van der Waals surface area contributed by atoms with Gasteiger partial charge in [-0.25, -0.2) is 4.68 Å². The molecule has 1 aromatic heterocycles. The van der Waals surface area contributed by atoms with E-state index in [1.54, 1.807) is 24.7 Å². The van der Waals surface area contributed by atoms with E-state index in [0.717, 1.165) is 5.69 Å². The van der Waals surface area contributed by atoms with Crippen molar-refractivity contribution in [2.24, 2.45) is 0 Å². The van der Waals surface area contributed by atoms with Crippen LogP contribution in [-0.2, 0) is 10.2 Å². The van der Waals surface area contributed by atoms with Crippen molar-refractivity contribution < 1.29 is 9.90 Å². The van der Waals surface area contributed by atoms with Gasteiger partial charge in [-0.1, -0.05) is 17.7 Å². The summed E-state index contributed by atoms with van der Waals surface area (Å²) in [5.41, 5.74) is 1.55. The third-order valence-electron chi connectivity index (χ3n) is 3.09. The van der Waals surface area contributed by atoms with E-state index in [4.69, 9.17) is 0 Å². The van der Waals surface area contributed by atoms with Crippen LogP contribution in [0.3, 0.4) is 0 Å². The van der Waals surface area contributed by atoms with Crippen LogP contribution in [0.15, 0.2) is 34.9 Å². The molecule has 1 heterocycles. The van der Waals surface area contributed by atoms with Crippen molar-refractivity contribution in [3.05, 3.63) is 46.2 Å². The van der Waals surface area contributed by atoms with Crippen molar-refractivity contribution >= 4 is 21.9 Å². The molecule has 1 aromatic carbocycles. The van der Waals surface area contributed by atoms with Gasteiger partial charge >= 0.3 is 5.97 Å². The number of nitrogens with zero attached hydrogens (tertiary/aromatic N) is 2. The highest BCUT2D eigenvalue weighted by atomic mass is 79.9. The van der Waals surface area contributed by atoms with Crippen molar-refractivity contribution in [3.8, 4) is 5.69 Å². The summed E-state index contributed by atoms with van der Waals surface area (Å²) in [6.45, 7) is 5.30. The third kappa shape index (κ3) is 2.56. The maximum absolute atomic E-state index is 11.3. The number of hydrogen-bond donors (Lipinski definition) is 1. The molecule has 0 saturated carbocycles. The maximum atomic E-state index is 11.3. The molecule has 0 fully saturated rings. The number of benzene rings is 1. The number of aliphatic carboxylic acids is 1. The van der Waals surface area contributed by atoms with Crippen molar-refractivity contribution in [1.29, 1.82) is 0 Å². The van der Waals surface area contributed by atoms with Gasteiger partial charge in [0, 0.05) is 6.20 Å². The molecular formula is C14H15BrN2O2. The van der Waals surface area contributed by atoms with Gasteiger partial charge in [0.15, 0.2) is 0 Å². The van der Waals surface area contributed by atoms with E-state index in [-0.39, 0.29) is 0 Å². The first-order valence-corrected chi connectivity index (χ1v) is 6.68. The molecule has 19 heavy (non-hydrogen) atoms. The molecule has 2 rings (SSSR count). The Balaban J connectivity index is 2.47. The van der Waals surface area contributed by atoms with Crippen LogP contribution in [-0.4, -0.2) is 20.9 Å². The van der Waals surface area contributed by atoms with E-state index < -0.39 is 11.4 Å². The average Bonchev–Trinajstić information content (AvgIpc) is 2.72. The molecular weight excluding hydrogens is 308 g/mol. The summed E-state index contributed by atoms with van der Waals surface area (Å²) in [4.78, 5) is 11.3. The molecule has 0 radical (unpaired) electrons. The second-order valence-electron chi connectivity index (χ2n) is 5.04. The van der Waals surface area contributed by atoms with Crippen LogP contribution in [0.5, 0.6) is 0 Å². The van der Waals surface area contributed by atoms with Crippen LogP contribution in [0.2, 0.25) is 0 Å². The summed E-state index contributed by atoms with van der Waals surface area (Å²) in [5.74, 6) is -0.901. The molecule has 0 amide bonds. The van der Waals surface area contributed by atoms with Crippen LogP contribution in [0.1, 0.15) is 25.1 Å². The number of halogens is 1. The Hall–Kier alpha value is -1.62. The van der Waals surface area contributed by atoms with Gasteiger partial charge in [-0.3, -0.25) is 4.79 Å². The van der Waals surface area contributed by atoms with Crippen molar-refractivity contribution in [1.82, 2.24) is 9.78 Å². The van der Waals surface area contributed by atoms with Gasteiger partial charge in [-0.15, -0.1) is 0 Å². The van der Waals surface area contributed by atoms with E-state index in [0.29, 0.717) is 10.2 Å². The summed E-state index contributed by atoms with van der Waals surface area (Å²) in [5, 5.41) is 13.7. The zero-order chi connectivity index (χ0) is 14.2. The average molecular weight is 323 g/mol. The van der Waals surface area contributed by atoms with Gasteiger partial charge in [0.25, 0.3) is 0 Å². The normalized spacial score (nSPS) is 11.6. The van der Waals surface area contributed by atoms with Gasteiger partial charge in [0.2, 0.25) is 0 Å². The maximum Gasteiger partial charge on any atom is 0.315 e. The fraction of sp³-hybridized carbons (Fsp3) is 0.286. The van der Waals surface area contributed by atoms with Crippen molar-refractivity contribution in [2.45, 2.75) is 26.2 Å². The fourth-order valence-corrected chi connectivity index (χ4v) is 2.48. The number of carbonyl (C=O) groups is 1. The van der Waals surface area contributed by atoms with Crippen LogP contribution < -0.4 is 0 Å². The van der Waals surface area contributed by atoms with Gasteiger partial charge in [0.1, 0.15) is 5.41 Å². The fourth-order valence-electron chi connectivity index (χ4n) is 1.71. The van der Waals surface area contributed by atoms with Gasteiger partial charge in [-0.2, -0.15) is 5.10 Å². The van der Waals surface area contributed by atoms with Gasteiger partial charge < -0.3 is 5.11 Å². The highest BCUT2D eigenvalue weighted by Crippen LogP contribution is 2.30. The Morgan fingerprint density at radius 3 is 2.42 bits per heavy atom. The minimum Gasteiger partial charge on any atom is -0.481 e. The Kier molecular flexibility index (Phi) is 3.49. The predicted octanol–water partition coefficient (Wildman–Crippen LogP) is 3.31. The van der Waals surface area contributed by atoms with Crippen LogP contribution in [0, 0.1) is 6.92 Å². The topological polar surface area (TPSA) is 55.1 Å². The first-order chi connectivity index (χ1) is 8.82. The largest absolute Gasteiger partial charge is 0.481 e. The van der Waals surface area contributed by atoms with Gasteiger partial charge in [0.05, 0.1) is 15.9 Å². The molecule has 0 atom stereocenters. The lowest BCUT2D eigenvalue weighted by molar-refractivity contribution is -0.142. The molecule has 0 spiro atoms. The zero-order valence-electron chi connectivity index (χ0n) is 11.0. The summed E-state index contributed by atoms with van der Waals surface area (Å²) in [7, 11) is 0. The quantitative estimate of drug-likeness (QED) is 0.943. The second kappa shape index (κ2) is 4.81. The van der Waals surface area contributed by atoms with E-state index in [1.807, 2.05) is 31.2 Å². The van der Waals surface area contributed by atoms with Crippen LogP contribution >= 0.6 is 15.9 Å². The Bertz CT molecular complexity index is 615.